The van der Waals surface area contributed by atoms with Crippen LogP contribution < -0.4 is 23.7 Å². The van der Waals surface area contributed by atoms with Gasteiger partial charge in [0.15, 0.2) is 28.8 Å². The molecule has 0 atom stereocenters. The normalized spacial score (nSPS) is 10.7. The number of hydrogen-bond donors (Lipinski definition) is 1. The third kappa shape index (κ3) is 5.38. The molecule has 3 aromatic carbocycles. The Kier molecular flexibility index (Phi) is 7.81. The fourth-order valence-electron chi connectivity index (χ4n) is 3.26. The second-order valence-electron chi connectivity index (χ2n) is 6.92. The smallest absolute Gasteiger partial charge is 0.204 e. The van der Waals surface area contributed by atoms with Crippen LogP contribution in [-0.2, 0) is 6.61 Å². The molecule has 0 radical (unpaired) electrons. The Balaban J connectivity index is 1.89. The monoisotopic (exact) mass is 450 g/mol. The molecule has 0 bridgehead atoms. The molecule has 0 aliphatic rings. The molecule has 7 nitrogen and oxygen atoms in total. The van der Waals surface area contributed by atoms with Crippen molar-refractivity contribution in [2.75, 3.05) is 28.4 Å². The van der Waals surface area contributed by atoms with Crippen molar-refractivity contribution in [2.45, 2.75) is 6.61 Å². The van der Waals surface area contributed by atoms with Crippen LogP contribution in [-0.4, -0.2) is 39.3 Å². The zero-order valence-corrected chi connectivity index (χ0v) is 19.0. The van der Waals surface area contributed by atoms with Crippen molar-refractivity contribution >= 4 is 11.9 Å². The minimum Gasteiger partial charge on any atom is -0.507 e. The number of benzene rings is 3. The number of ketones is 1. The van der Waals surface area contributed by atoms with Gasteiger partial charge in [-0.3, -0.25) is 4.79 Å². The Morgan fingerprint density at radius 3 is 2.15 bits per heavy atom. The summed E-state index contributed by atoms with van der Waals surface area (Å²) in [7, 11) is 5.95. The molecule has 0 aliphatic heterocycles. The highest BCUT2D eigenvalue weighted by Gasteiger charge is 2.20. The zero-order chi connectivity index (χ0) is 23.8. The Hall–Kier alpha value is -4.13. The topological polar surface area (TPSA) is 83.5 Å². The van der Waals surface area contributed by atoms with E-state index in [1.807, 2.05) is 30.3 Å². The highest BCUT2D eigenvalue weighted by Crippen LogP contribution is 2.45. The maximum Gasteiger partial charge on any atom is 0.204 e. The number of allylic oxidation sites excluding steroid dienone is 1. The number of hydrogen-bond acceptors (Lipinski definition) is 7. The fraction of sp³-hybridized carbons (Fsp3) is 0.192. The van der Waals surface area contributed by atoms with Crippen molar-refractivity contribution in [3.63, 3.8) is 0 Å². The van der Waals surface area contributed by atoms with E-state index in [4.69, 9.17) is 23.7 Å². The number of aromatic hydroxyl groups is 1. The van der Waals surface area contributed by atoms with Crippen LogP contribution in [0.15, 0.2) is 60.7 Å². The van der Waals surface area contributed by atoms with E-state index in [-0.39, 0.29) is 29.5 Å². The van der Waals surface area contributed by atoms with Gasteiger partial charge < -0.3 is 28.8 Å². The summed E-state index contributed by atoms with van der Waals surface area (Å²) in [6.45, 7) is 0.284. The van der Waals surface area contributed by atoms with Crippen LogP contribution in [0.5, 0.6) is 34.5 Å². The average molecular weight is 450 g/mol. The highest BCUT2D eigenvalue weighted by molar-refractivity contribution is 6.07. The third-order valence-electron chi connectivity index (χ3n) is 4.93. The van der Waals surface area contributed by atoms with Crippen LogP contribution >= 0.6 is 0 Å². The van der Waals surface area contributed by atoms with Crippen LogP contribution in [0.3, 0.4) is 0 Å². The first-order valence-corrected chi connectivity index (χ1v) is 10.1. The molecule has 0 unspecified atom stereocenters. The van der Waals surface area contributed by atoms with Gasteiger partial charge in [-0.2, -0.15) is 0 Å². The van der Waals surface area contributed by atoms with Crippen LogP contribution in [0.1, 0.15) is 21.5 Å². The predicted molar refractivity (Wildman–Crippen MR) is 125 cm³/mol. The predicted octanol–water partition coefficient (Wildman–Crippen LogP) is 4.90. The standard InChI is InChI=1S/C26H26O7/c1-29-22-13-10-18(14-23(22)30-2)20(27)12-11-19-21(28)15-24(26(32-4)25(19)31-3)33-16-17-8-6-5-7-9-17/h5-15,28H,16H2,1-4H3. The zero-order valence-electron chi connectivity index (χ0n) is 19.0. The summed E-state index contributed by atoms with van der Waals surface area (Å²) in [5.74, 6) is 1.43. The summed E-state index contributed by atoms with van der Waals surface area (Å²) < 4.78 is 27.3. The van der Waals surface area contributed by atoms with Crippen molar-refractivity contribution < 1.29 is 33.6 Å². The molecular formula is C26H26O7. The third-order valence-corrected chi connectivity index (χ3v) is 4.93. The first-order chi connectivity index (χ1) is 16.0. The van der Waals surface area contributed by atoms with Crippen molar-refractivity contribution in [3.8, 4) is 34.5 Å². The molecule has 3 rings (SSSR count). The van der Waals surface area contributed by atoms with E-state index in [0.29, 0.717) is 28.6 Å². The Labute approximate surface area is 192 Å². The van der Waals surface area contributed by atoms with Crippen molar-refractivity contribution in [3.05, 3.63) is 77.4 Å². The van der Waals surface area contributed by atoms with Gasteiger partial charge in [0.25, 0.3) is 0 Å². The maximum atomic E-state index is 12.7. The van der Waals surface area contributed by atoms with Gasteiger partial charge in [-0.1, -0.05) is 30.3 Å². The molecule has 3 aromatic rings. The lowest BCUT2D eigenvalue weighted by Crippen LogP contribution is -2.01. The Morgan fingerprint density at radius 1 is 0.818 bits per heavy atom. The second kappa shape index (κ2) is 10.9. The van der Waals surface area contributed by atoms with E-state index in [0.717, 1.165) is 5.56 Å². The minimum absolute atomic E-state index is 0.118. The summed E-state index contributed by atoms with van der Waals surface area (Å²) in [4.78, 5) is 12.7. The lowest BCUT2D eigenvalue weighted by molar-refractivity contribution is 0.104. The molecule has 0 heterocycles. The van der Waals surface area contributed by atoms with Crippen LogP contribution in [0.25, 0.3) is 6.08 Å². The molecule has 1 N–H and O–H groups in total. The summed E-state index contributed by atoms with van der Waals surface area (Å²) in [5.41, 5.74) is 1.65. The molecule has 0 amide bonds. The van der Waals surface area contributed by atoms with Gasteiger partial charge in [0, 0.05) is 11.6 Å². The minimum atomic E-state index is -0.291. The van der Waals surface area contributed by atoms with Gasteiger partial charge in [-0.05, 0) is 35.9 Å². The van der Waals surface area contributed by atoms with E-state index < -0.39 is 0 Å². The second-order valence-corrected chi connectivity index (χ2v) is 6.92. The van der Waals surface area contributed by atoms with E-state index in [1.165, 1.54) is 46.7 Å². The van der Waals surface area contributed by atoms with Crippen LogP contribution in [0.2, 0.25) is 0 Å². The first-order valence-electron chi connectivity index (χ1n) is 10.1. The van der Waals surface area contributed by atoms with E-state index in [1.54, 1.807) is 18.2 Å². The van der Waals surface area contributed by atoms with Gasteiger partial charge in [-0.15, -0.1) is 0 Å². The highest BCUT2D eigenvalue weighted by atomic mass is 16.5. The van der Waals surface area contributed by atoms with E-state index in [9.17, 15) is 9.90 Å². The molecule has 0 saturated heterocycles. The lowest BCUT2D eigenvalue weighted by atomic mass is 10.1. The number of phenols is 1. The fourth-order valence-corrected chi connectivity index (χ4v) is 3.26. The number of carbonyl (C=O) groups is 1. The Morgan fingerprint density at radius 2 is 1.52 bits per heavy atom. The summed E-state index contributed by atoms with van der Waals surface area (Å²) in [6.07, 6.45) is 2.81. The molecular weight excluding hydrogens is 424 g/mol. The van der Waals surface area contributed by atoms with Crippen LogP contribution in [0, 0.1) is 0 Å². The Bertz CT molecular complexity index is 1140. The van der Waals surface area contributed by atoms with E-state index in [2.05, 4.69) is 0 Å². The van der Waals surface area contributed by atoms with Gasteiger partial charge >= 0.3 is 0 Å². The van der Waals surface area contributed by atoms with Crippen molar-refractivity contribution in [1.82, 2.24) is 0 Å². The summed E-state index contributed by atoms with van der Waals surface area (Å²) >= 11 is 0. The summed E-state index contributed by atoms with van der Waals surface area (Å²) in [6, 6.07) is 15.9. The number of ether oxygens (including phenoxy) is 5. The molecule has 172 valence electrons. The SMILES string of the molecule is COc1ccc(C(=O)C=Cc2c(O)cc(OCc3ccccc3)c(OC)c2OC)cc1OC. The number of phenolic OH excluding ortho intramolecular Hbond substituents is 1. The van der Waals surface area contributed by atoms with Gasteiger partial charge in [0.2, 0.25) is 5.75 Å². The number of rotatable bonds is 10. The largest absolute Gasteiger partial charge is 0.507 e. The van der Waals surface area contributed by atoms with Crippen molar-refractivity contribution in [1.29, 1.82) is 0 Å². The molecule has 0 fully saturated rings. The number of methoxy groups -OCH3 is 4. The molecule has 0 aliphatic carbocycles. The van der Waals surface area contributed by atoms with Gasteiger partial charge in [0.1, 0.15) is 12.4 Å². The van der Waals surface area contributed by atoms with E-state index >= 15 is 0 Å². The van der Waals surface area contributed by atoms with Crippen LogP contribution in [0.4, 0.5) is 0 Å². The molecule has 0 aromatic heterocycles. The maximum absolute atomic E-state index is 12.7. The lowest BCUT2D eigenvalue weighted by Gasteiger charge is -2.17. The molecule has 7 heteroatoms. The quantitative estimate of drug-likeness (QED) is 0.347. The van der Waals surface area contributed by atoms with Gasteiger partial charge in [-0.25, -0.2) is 0 Å². The first kappa shape index (κ1) is 23.5. The summed E-state index contributed by atoms with van der Waals surface area (Å²) in [5, 5.41) is 10.6. The molecule has 0 saturated carbocycles. The van der Waals surface area contributed by atoms with Gasteiger partial charge in [0.05, 0.1) is 34.0 Å². The average Bonchev–Trinajstić information content (AvgIpc) is 2.86. The number of carbonyl (C=O) groups excluding carboxylic acids is 1. The molecule has 0 spiro atoms. The van der Waals surface area contributed by atoms with Crippen molar-refractivity contribution in [2.24, 2.45) is 0 Å². The molecule has 33 heavy (non-hydrogen) atoms.